The third-order valence-corrected chi connectivity index (χ3v) is 5.76. The second-order valence-corrected chi connectivity index (χ2v) is 8.06. The summed E-state index contributed by atoms with van der Waals surface area (Å²) in [6.45, 7) is 6.62. The Morgan fingerprint density at radius 3 is 2.69 bits per heavy atom. The maximum atomic E-state index is 4.73. The Labute approximate surface area is 195 Å². The van der Waals surface area contributed by atoms with Crippen molar-refractivity contribution in [3.63, 3.8) is 0 Å². The fourth-order valence-corrected chi connectivity index (χ4v) is 3.95. The van der Waals surface area contributed by atoms with Gasteiger partial charge in [-0.3, -0.25) is 9.88 Å². The summed E-state index contributed by atoms with van der Waals surface area (Å²) in [6.07, 6.45) is 4.09. The normalized spacial score (nSPS) is 15.6. The molecule has 0 amide bonds. The van der Waals surface area contributed by atoms with Crippen LogP contribution in [0.2, 0.25) is 0 Å². The van der Waals surface area contributed by atoms with Crippen molar-refractivity contribution in [3.05, 3.63) is 41.2 Å². The van der Waals surface area contributed by atoms with Crippen LogP contribution in [0.5, 0.6) is 0 Å². The molecule has 2 aromatic rings. The van der Waals surface area contributed by atoms with E-state index in [1.807, 2.05) is 31.3 Å². The molecule has 0 aromatic carbocycles. The van der Waals surface area contributed by atoms with Crippen molar-refractivity contribution < 1.29 is 0 Å². The molecule has 0 atom stereocenters. The zero-order valence-corrected chi connectivity index (χ0v) is 20.6. The average molecular weight is 529 g/mol. The monoisotopic (exact) mass is 529 g/mol. The van der Waals surface area contributed by atoms with Crippen molar-refractivity contribution in [2.45, 2.75) is 38.9 Å². The molecule has 0 aliphatic carbocycles. The molecule has 0 radical (unpaired) electrons. The fourth-order valence-electron chi connectivity index (χ4n) is 3.20. The Hall–Kier alpha value is -1.46. The van der Waals surface area contributed by atoms with Crippen LogP contribution in [0.1, 0.15) is 31.2 Å². The number of hydrogen-bond donors (Lipinski definition) is 2. The van der Waals surface area contributed by atoms with Crippen LogP contribution in [-0.4, -0.2) is 60.6 Å². The van der Waals surface area contributed by atoms with E-state index in [1.165, 1.54) is 0 Å². The van der Waals surface area contributed by atoms with Gasteiger partial charge in [-0.1, -0.05) is 6.07 Å². The molecular formula is C20H32IN7S. The minimum absolute atomic E-state index is 0. The van der Waals surface area contributed by atoms with Crippen molar-refractivity contribution in [1.82, 2.24) is 25.5 Å². The maximum Gasteiger partial charge on any atom is 0.191 e. The Morgan fingerprint density at radius 1 is 1.28 bits per heavy atom. The molecule has 1 aliphatic rings. The SMILES string of the molecule is CCNC(=NCc1csc(N(C)C)n1)NC1CCN(Cc2ccccn2)CC1.I. The van der Waals surface area contributed by atoms with Crippen molar-refractivity contribution >= 4 is 46.4 Å². The zero-order chi connectivity index (χ0) is 19.8. The average Bonchev–Trinajstić information content (AvgIpc) is 3.18. The summed E-state index contributed by atoms with van der Waals surface area (Å²) in [4.78, 5) is 18.3. The third-order valence-electron chi connectivity index (χ3n) is 4.71. The number of piperidine rings is 1. The number of thiazole rings is 1. The first-order valence-corrected chi connectivity index (χ1v) is 10.8. The Kier molecular flexibility index (Phi) is 10.1. The summed E-state index contributed by atoms with van der Waals surface area (Å²) < 4.78 is 0. The molecule has 3 heterocycles. The second kappa shape index (κ2) is 12.3. The highest BCUT2D eigenvalue weighted by atomic mass is 127. The lowest BCUT2D eigenvalue weighted by Crippen LogP contribution is -2.48. The lowest BCUT2D eigenvalue weighted by Gasteiger charge is -2.32. The summed E-state index contributed by atoms with van der Waals surface area (Å²) in [5.74, 6) is 0.880. The van der Waals surface area contributed by atoms with Gasteiger partial charge in [-0.15, -0.1) is 35.3 Å². The largest absolute Gasteiger partial charge is 0.357 e. The van der Waals surface area contributed by atoms with E-state index in [-0.39, 0.29) is 24.0 Å². The number of pyridine rings is 1. The molecule has 9 heteroatoms. The van der Waals surface area contributed by atoms with E-state index in [2.05, 4.69) is 49.9 Å². The molecule has 160 valence electrons. The van der Waals surface area contributed by atoms with Crippen LogP contribution >= 0.6 is 35.3 Å². The van der Waals surface area contributed by atoms with Gasteiger partial charge in [-0.2, -0.15) is 0 Å². The van der Waals surface area contributed by atoms with Gasteiger partial charge in [-0.25, -0.2) is 9.98 Å². The number of nitrogens with one attached hydrogen (secondary N) is 2. The third kappa shape index (κ3) is 7.71. The molecule has 1 saturated heterocycles. The number of aliphatic imine (C=N–C) groups is 1. The Balaban J connectivity index is 0.00000300. The van der Waals surface area contributed by atoms with Crippen LogP contribution in [0.4, 0.5) is 5.13 Å². The number of aromatic nitrogens is 2. The number of rotatable bonds is 7. The van der Waals surface area contributed by atoms with E-state index in [4.69, 9.17) is 4.99 Å². The van der Waals surface area contributed by atoms with Gasteiger partial charge in [0.15, 0.2) is 11.1 Å². The van der Waals surface area contributed by atoms with E-state index in [1.54, 1.807) is 11.3 Å². The maximum absolute atomic E-state index is 4.73. The molecule has 1 aliphatic heterocycles. The number of hydrogen-bond acceptors (Lipinski definition) is 6. The van der Waals surface area contributed by atoms with Gasteiger partial charge >= 0.3 is 0 Å². The number of guanidine groups is 1. The van der Waals surface area contributed by atoms with Crippen molar-refractivity contribution in [1.29, 1.82) is 0 Å². The van der Waals surface area contributed by atoms with Crippen LogP contribution < -0.4 is 15.5 Å². The fraction of sp³-hybridized carbons (Fsp3) is 0.550. The highest BCUT2D eigenvalue weighted by Gasteiger charge is 2.20. The van der Waals surface area contributed by atoms with Gasteiger partial charge in [0.2, 0.25) is 0 Å². The molecular weight excluding hydrogens is 497 g/mol. The van der Waals surface area contributed by atoms with Gasteiger partial charge < -0.3 is 15.5 Å². The minimum atomic E-state index is 0. The molecule has 2 N–H and O–H groups in total. The molecule has 2 aromatic heterocycles. The van der Waals surface area contributed by atoms with Gasteiger partial charge in [0.1, 0.15) is 0 Å². The quantitative estimate of drug-likeness (QED) is 0.327. The topological polar surface area (TPSA) is 68.7 Å². The molecule has 1 fully saturated rings. The van der Waals surface area contributed by atoms with E-state index in [0.29, 0.717) is 12.6 Å². The van der Waals surface area contributed by atoms with Crippen LogP contribution in [0.15, 0.2) is 34.8 Å². The van der Waals surface area contributed by atoms with Gasteiger partial charge in [0.05, 0.1) is 17.9 Å². The first-order chi connectivity index (χ1) is 13.6. The number of anilines is 1. The summed E-state index contributed by atoms with van der Waals surface area (Å²) in [7, 11) is 4.02. The van der Waals surface area contributed by atoms with Crippen LogP contribution in [0.3, 0.4) is 0 Å². The van der Waals surface area contributed by atoms with Crippen molar-refractivity contribution in [2.75, 3.05) is 38.6 Å². The first kappa shape index (κ1) is 23.8. The minimum Gasteiger partial charge on any atom is -0.357 e. The Bertz CT molecular complexity index is 742. The van der Waals surface area contributed by atoms with Gasteiger partial charge in [0.25, 0.3) is 0 Å². The molecule has 7 nitrogen and oxygen atoms in total. The zero-order valence-electron chi connectivity index (χ0n) is 17.5. The molecule has 0 bridgehead atoms. The summed E-state index contributed by atoms with van der Waals surface area (Å²) in [5, 5.41) is 10.1. The van der Waals surface area contributed by atoms with Crippen molar-refractivity contribution in [3.8, 4) is 0 Å². The van der Waals surface area contributed by atoms with E-state index >= 15 is 0 Å². The lowest BCUT2D eigenvalue weighted by molar-refractivity contribution is 0.196. The first-order valence-electron chi connectivity index (χ1n) is 9.93. The van der Waals surface area contributed by atoms with Crippen LogP contribution in [0.25, 0.3) is 0 Å². The van der Waals surface area contributed by atoms with E-state index < -0.39 is 0 Å². The predicted molar refractivity (Wildman–Crippen MR) is 132 cm³/mol. The molecule has 0 spiro atoms. The summed E-state index contributed by atoms with van der Waals surface area (Å²) >= 11 is 1.65. The van der Waals surface area contributed by atoms with Gasteiger partial charge in [0, 0.05) is 57.9 Å². The lowest BCUT2D eigenvalue weighted by atomic mass is 10.0. The van der Waals surface area contributed by atoms with E-state index in [9.17, 15) is 0 Å². The standard InChI is InChI=1S/C20H31N7S.HI/c1-4-21-19(23-13-18-15-28-20(25-18)26(2)3)24-16-8-11-27(12-9-16)14-17-7-5-6-10-22-17;/h5-7,10,15-16H,4,8-9,11-14H2,1-3H3,(H2,21,23,24);1H. The van der Waals surface area contributed by atoms with Crippen LogP contribution in [-0.2, 0) is 13.1 Å². The van der Waals surface area contributed by atoms with Crippen molar-refractivity contribution in [2.24, 2.45) is 4.99 Å². The second-order valence-electron chi connectivity index (χ2n) is 7.23. The summed E-state index contributed by atoms with van der Waals surface area (Å²) in [5.41, 5.74) is 2.15. The van der Waals surface area contributed by atoms with E-state index in [0.717, 1.165) is 61.5 Å². The molecule has 0 saturated carbocycles. The number of likely N-dealkylation sites (tertiary alicyclic amines) is 1. The summed E-state index contributed by atoms with van der Waals surface area (Å²) in [6, 6.07) is 6.57. The van der Waals surface area contributed by atoms with Gasteiger partial charge in [-0.05, 0) is 31.9 Å². The number of halogens is 1. The predicted octanol–water partition coefficient (Wildman–Crippen LogP) is 2.94. The molecule has 3 rings (SSSR count). The molecule has 29 heavy (non-hydrogen) atoms. The smallest absolute Gasteiger partial charge is 0.191 e. The van der Waals surface area contributed by atoms with Crippen LogP contribution in [0, 0.1) is 0 Å². The molecule has 0 unspecified atom stereocenters. The Morgan fingerprint density at radius 2 is 2.07 bits per heavy atom. The number of nitrogens with zero attached hydrogens (tertiary/aromatic N) is 5. The highest BCUT2D eigenvalue weighted by Crippen LogP contribution is 2.18. The highest BCUT2D eigenvalue weighted by molar-refractivity contribution is 14.0.